The summed E-state index contributed by atoms with van der Waals surface area (Å²) in [6, 6.07) is 10.7. The number of fused-ring (bicyclic) bond motifs is 1. The minimum atomic E-state index is -3.70. The van der Waals surface area contributed by atoms with Crippen LogP contribution in [0.15, 0.2) is 51.8 Å². The molecule has 0 atom stereocenters. The number of hydrogen-bond donors (Lipinski definition) is 1. The number of halogens is 2. The van der Waals surface area contributed by atoms with Crippen LogP contribution in [0.25, 0.3) is 0 Å². The molecule has 0 saturated carbocycles. The summed E-state index contributed by atoms with van der Waals surface area (Å²) < 4.78 is 40.9. The third-order valence-corrected chi connectivity index (χ3v) is 5.71. The van der Waals surface area contributed by atoms with Crippen LogP contribution >= 0.6 is 23.4 Å². The number of thioether (sulfide) groups is 1. The number of para-hydroxylation sites is 1. The maximum absolute atomic E-state index is 13.0. The van der Waals surface area contributed by atoms with Gasteiger partial charge in [0.15, 0.2) is 5.17 Å². The molecule has 0 bridgehead atoms. The van der Waals surface area contributed by atoms with Crippen molar-refractivity contribution >= 4 is 44.2 Å². The molecule has 8 heteroatoms. The van der Waals surface area contributed by atoms with E-state index in [-0.39, 0.29) is 10.1 Å². The molecule has 2 aromatic carbocycles. The van der Waals surface area contributed by atoms with Crippen molar-refractivity contribution < 1.29 is 12.8 Å². The van der Waals surface area contributed by atoms with Crippen molar-refractivity contribution in [2.45, 2.75) is 10.6 Å². The van der Waals surface area contributed by atoms with E-state index < -0.39 is 15.8 Å². The van der Waals surface area contributed by atoms with Crippen molar-refractivity contribution in [1.29, 1.82) is 0 Å². The summed E-state index contributed by atoms with van der Waals surface area (Å²) in [5.74, 6) is -0.0359. The summed E-state index contributed by atoms with van der Waals surface area (Å²) in [7, 11) is -3.70. The van der Waals surface area contributed by atoms with Crippen molar-refractivity contribution in [3.8, 4) is 0 Å². The third kappa shape index (κ3) is 3.11. The Morgan fingerprint density at radius 3 is 2.77 bits per heavy atom. The molecular weight excluding hydrogens is 347 g/mol. The number of hydrogen-bond acceptors (Lipinski definition) is 4. The number of rotatable bonds is 2. The number of sulfonamides is 1. The molecule has 0 amide bonds. The van der Waals surface area contributed by atoms with Crippen LogP contribution in [-0.2, 0) is 15.8 Å². The summed E-state index contributed by atoms with van der Waals surface area (Å²) in [6.45, 7) is 0. The topological polar surface area (TPSA) is 58.5 Å². The normalized spacial score (nSPS) is 15.6. The Bertz CT molecular complexity index is 869. The maximum Gasteiger partial charge on any atom is 0.286 e. The molecule has 2 aromatic rings. The van der Waals surface area contributed by atoms with Crippen LogP contribution in [0.4, 0.5) is 10.1 Å². The van der Waals surface area contributed by atoms with Gasteiger partial charge >= 0.3 is 0 Å². The zero-order valence-corrected chi connectivity index (χ0v) is 13.5. The Labute approximate surface area is 136 Å². The van der Waals surface area contributed by atoms with Crippen LogP contribution in [-0.4, -0.2) is 13.6 Å². The molecule has 114 valence electrons. The molecule has 0 spiro atoms. The second-order valence-corrected chi connectivity index (χ2v) is 7.46. The van der Waals surface area contributed by atoms with Crippen LogP contribution < -0.4 is 5.32 Å². The van der Waals surface area contributed by atoms with Crippen molar-refractivity contribution in [2.24, 2.45) is 4.40 Å². The number of nitrogens with one attached hydrogen (secondary N) is 1. The van der Waals surface area contributed by atoms with Gasteiger partial charge in [-0.25, -0.2) is 4.39 Å². The van der Waals surface area contributed by atoms with E-state index in [1.54, 1.807) is 24.3 Å². The average molecular weight is 357 g/mol. The first-order chi connectivity index (χ1) is 10.5. The van der Waals surface area contributed by atoms with Gasteiger partial charge in [0.05, 0.1) is 5.69 Å². The molecule has 0 fully saturated rings. The molecule has 22 heavy (non-hydrogen) atoms. The molecule has 1 aliphatic heterocycles. The van der Waals surface area contributed by atoms with Gasteiger partial charge in [-0.05, 0) is 29.8 Å². The number of benzene rings is 2. The molecule has 1 heterocycles. The highest BCUT2D eigenvalue weighted by Gasteiger charge is 2.24. The monoisotopic (exact) mass is 356 g/mol. The Kier molecular flexibility index (Phi) is 4.12. The van der Waals surface area contributed by atoms with Crippen molar-refractivity contribution in [3.05, 3.63) is 58.9 Å². The van der Waals surface area contributed by atoms with E-state index >= 15 is 0 Å². The summed E-state index contributed by atoms with van der Waals surface area (Å²) in [5.41, 5.74) is 1.19. The van der Waals surface area contributed by atoms with E-state index in [0.717, 1.165) is 0 Å². The van der Waals surface area contributed by atoms with Gasteiger partial charge in [0.1, 0.15) is 10.7 Å². The van der Waals surface area contributed by atoms with Crippen LogP contribution in [0.1, 0.15) is 5.56 Å². The second-order valence-electron chi connectivity index (χ2n) is 4.52. The largest absolute Gasteiger partial charge is 0.333 e. The van der Waals surface area contributed by atoms with E-state index in [1.165, 1.54) is 30.0 Å². The highest BCUT2D eigenvalue weighted by molar-refractivity contribution is 8.14. The molecule has 4 nitrogen and oxygen atoms in total. The van der Waals surface area contributed by atoms with Gasteiger partial charge in [-0.3, -0.25) is 0 Å². The SMILES string of the molecule is O=S1(=O)N=C(SCc2ccc(F)cc2Cl)Nc2ccccc21. The summed E-state index contributed by atoms with van der Waals surface area (Å²) in [5, 5.41) is 3.53. The molecule has 0 radical (unpaired) electrons. The van der Waals surface area contributed by atoms with E-state index in [0.29, 0.717) is 22.0 Å². The number of nitrogens with zero attached hydrogens (tertiary/aromatic N) is 1. The number of amidine groups is 1. The molecule has 0 unspecified atom stereocenters. The van der Waals surface area contributed by atoms with E-state index in [2.05, 4.69) is 9.71 Å². The smallest absolute Gasteiger partial charge is 0.286 e. The van der Waals surface area contributed by atoms with E-state index in [9.17, 15) is 12.8 Å². The molecule has 0 saturated heterocycles. The molecule has 1 aliphatic rings. The van der Waals surface area contributed by atoms with Gasteiger partial charge in [0.2, 0.25) is 0 Å². The van der Waals surface area contributed by atoms with Crippen LogP contribution in [0.5, 0.6) is 0 Å². The predicted molar refractivity (Wildman–Crippen MR) is 87.4 cm³/mol. The first kappa shape index (κ1) is 15.3. The van der Waals surface area contributed by atoms with E-state index in [4.69, 9.17) is 11.6 Å². The molecule has 1 N–H and O–H groups in total. The zero-order valence-electron chi connectivity index (χ0n) is 11.1. The fourth-order valence-electron chi connectivity index (χ4n) is 1.94. The highest BCUT2D eigenvalue weighted by Crippen LogP contribution is 2.30. The minimum Gasteiger partial charge on any atom is -0.333 e. The first-order valence-electron chi connectivity index (χ1n) is 6.23. The fraction of sp³-hybridized carbons (Fsp3) is 0.0714. The molecule has 0 aromatic heterocycles. The van der Waals surface area contributed by atoms with Gasteiger partial charge < -0.3 is 5.32 Å². The van der Waals surface area contributed by atoms with Gasteiger partial charge in [0, 0.05) is 10.8 Å². The lowest BCUT2D eigenvalue weighted by molar-refractivity contribution is 0.598. The van der Waals surface area contributed by atoms with Crippen LogP contribution in [0.3, 0.4) is 0 Å². The Morgan fingerprint density at radius 1 is 1.23 bits per heavy atom. The Balaban J connectivity index is 1.81. The summed E-state index contributed by atoms with van der Waals surface area (Å²) >= 11 is 7.14. The average Bonchev–Trinajstić information content (AvgIpc) is 2.46. The Hall–Kier alpha value is -1.57. The van der Waals surface area contributed by atoms with Crippen molar-refractivity contribution in [2.75, 3.05) is 5.32 Å². The lowest BCUT2D eigenvalue weighted by atomic mass is 10.2. The third-order valence-electron chi connectivity index (χ3n) is 2.99. The van der Waals surface area contributed by atoms with E-state index in [1.807, 2.05) is 0 Å². The van der Waals surface area contributed by atoms with Crippen molar-refractivity contribution in [1.82, 2.24) is 0 Å². The zero-order chi connectivity index (χ0) is 15.7. The van der Waals surface area contributed by atoms with Crippen LogP contribution in [0.2, 0.25) is 5.02 Å². The Morgan fingerprint density at radius 2 is 2.00 bits per heavy atom. The standard InChI is InChI=1S/C14H10ClFN2O2S2/c15-11-7-10(16)6-5-9(11)8-21-14-17-12-3-1-2-4-13(12)22(19,20)18-14/h1-7H,8H2,(H,17,18). The lowest BCUT2D eigenvalue weighted by Crippen LogP contribution is -2.18. The van der Waals surface area contributed by atoms with Gasteiger partial charge in [-0.2, -0.15) is 8.42 Å². The van der Waals surface area contributed by atoms with Gasteiger partial charge in [-0.1, -0.05) is 41.6 Å². The fourth-order valence-corrected chi connectivity index (χ4v) is 4.49. The van der Waals surface area contributed by atoms with Crippen molar-refractivity contribution in [3.63, 3.8) is 0 Å². The number of anilines is 1. The molecule has 0 aliphatic carbocycles. The first-order valence-corrected chi connectivity index (χ1v) is 9.04. The summed E-state index contributed by atoms with van der Waals surface area (Å²) in [6.07, 6.45) is 0. The second kappa shape index (κ2) is 5.91. The minimum absolute atomic E-state index is 0.152. The van der Waals surface area contributed by atoms with Gasteiger partial charge in [0.25, 0.3) is 10.0 Å². The summed E-state index contributed by atoms with van der Waals surface area (Å²) in [4.78, 5) is 0.152. The quantitative estimate of drug-likeness (QED) is 0.887. The maximum atomic E-state index is 13.0. The molecule has 3 rings (SSSR count). The van der Waals surface area contributed by atoms with Gasteiger partial charge in [-0.15, -0.1) is 4.40 Å². The van der Waals surface area contributed by atoms with Crippen LogP contribution in [0, 0.1) is 5.82 Å². The highest BCUT2D eigenvalue weighted by atomic mass is 35.5. The predicted octanol–water partition coefficient (Wildman–Crippen LogP) is 3.88. The molecular formula is C14H10ClFN2O2S2. The lowest BCUT2D eigenvalue weighted by Gasteiger charge is -2.17.